The van der Waals surface area contributed by atoms with Crippen LogP contribution in [0, 0.1) is 5.82 Å². The lowest BCUT2D eigenvalue weighted by Crippen LogP contribution is -2.38. The average Bonchev–Trinajstić information content (AvgIpc) is 2.92. The molecule has 214 valence electrons. The molecule has 0 amide bonds. The van der Waals surface area contributed by atoms with E-state index >= 15 is 0 Å². The summed E-state index contributed by atoms with van der Waals surface area (Å²) < 4.78 is 90.7. The van der Waals surface area contributed by atoms with E-state index in [2.05, 4.69) is 4.74 Å². The first-order valence-electron chi connectivity index (χ1n) is 12.0. The lowest BCUT2D eigenvalue weighted by atomic mass is 10.1. The van der Waals surface area contributed by atoms with E-state index in [-0.39, 0.29) is 41.1 Å². The summed E-state index contributed by atoms with van der Waals surface area (Å²) in [5, 5.41) is 0.210. The van der Waals surface area contributed by atoms with Crippen molar-refractivity contribution in [2.75, 3.05) is 24.6 Å². The van der Waals surface area contributed by atoms with Crippen LogP contribution < -0.4 is 9.04 Å². The Bertz CT molecular complexity index is 1470. The molecule has 0 N–H and O–H groups in total. The summed E-state index contributed by atoms with van der Waals surface area (Å²) in [6.07, 6.45) is -0.271. The van der Waals surface area contributed by atoms with Gasteiger partial charge in [-0.3, -0.25) is 9.10 Å². The van der Waals surface area contributed by atoms with E-state index in [9.17, 15) is 30.8 Å². The molecule has 1 aliphatic rings. The molecule has 1 aliphatic heterocycles. The Balaban J connectivity index is 0.000000559. The van der Waals surface area contributed by atoms with Crippen LogP contribution in [-0.4, -0.2) is 34.6 Å². The first kappa shape index (κ1) is 31.0. The number of carbonyl (C=O) groups excluding carboxylic acids is 1. The minimum absolute atomic E-state index is 0.0329. The highest BCUT2D eigenvalue weighted by Crippen LogP contribution is 2.38. The van der Waals surface area contributed by atoms with Gasteiger partial charge in [-0.15, -0.1) is 0 Å². The summed E-state index contributed by atoms with van der Waals surface area (Å²) >= 11 is 6.03. The van der Waals surface area contributed by atoms with Crippen LogP contribution in [0.5, 0.6) is 5.75 Å². The van der Waals surface area contributed by atoms with Gasteiger partial charge in [0.05, 0.1) is 34.8 Å². The summed E-state index contributed by atoms with van der Waals surface area (Å²) in [6.45, 7) is 1.89. The zero-order valence-corrected chi connectivity index (χ0v) is 23.1. The summed E-state index contributed by atoms with van der Waals surface area (Å²) in [5.74, 6) is -0.380. The molecule has 0 aliphatic carbocycles. The second-order valence-corrected chi connectivity index (χ2v) is 10.7. The van der Waals surface area contributed by atoms with Gasteiger partial charge in [0.1, 0.15) is 18.2 Å². The molecule has 0 unspecified atom stereocenters. The largest absolute Gasteiger partial charge is 0.489 e. The van der Waals surface area contributed by atoms with Gasteiger partial charge in [-0.1, -0.05) is 42.8 Å². The lowest BCUT2D eigenvalue weighted by Gasteiger charge is -2.31. The number of sulfonamides is 1. The molecular weight excluding hydrogens is 574 g/mol. The molecule has 0 radical (unpaired) electrons. The van der Waals surface area contributed by atoms with Crippen LogP contribution in [0.25, 0.3) is 12.2 Å². The van der Waals surface area contributed by atoms with Crippen molar-refractivity contribution in [1.82, 2.24) is 0 Å². The van der Waals surface area contributed by atoms with E-state index in [4.69, 9.17) is 16.3 Å². The number of ether oxygens (including phenoxy) is 2. The minimum atomic E-state index is -4.68. The molecule has 4 rings (SSSR count). The molecule has 0 saturated heterocycles. The zero-order chi connectivity index (χ0) is 29.5. The number of halogens is 5. The van der Waals surface area contributed by atoms with Crippen LogP contribution >= 0.6 is 11.6 Å². The van der Waals surface area contributed by atoms with E-state index in [0.29, 0.717) is 18.1 Å². The SMILES string of the molecule is CCCC(=O)OC.O=S(=O)(c1cccc(C(F)(F)F)c1)N1CCOc2ccc(/C=C/c3c(F)cccc3Cl)cc21. The lowest BCUT2D eigenvalue weighted by molar-refractivity contribution is -0.140. The second-order valence-electron chi connectivity index (χ2n) is 8.47. The van der Waals surface area contributed by atoms with Gasteiger partial charge in [0.25, 0.3) is 10.0 Å². The maximum absolute atomic E-state index is 14.0. The molecule has 0 atom stereocenters. The number of rotatable bonds is 6. The van der Waals surface area contributed by atoms with E-state index in [1.54, 1.807) is 18.2 Å². The monoisotopic (exact) mass is 599 g/mol. The van der Waals surface area contributed by atoms with E-state index in [0.717, 1.165) is 28.9 Å². The highest BCUT2D eigenvalue weighted by atomic mass is 35.5. The second kappa shape index (κ2) is 13.2. The molecule has 0 spiro atoms. The van der Waals surface area contributed by atoms with Gasteiger partial charge in [0.2, 0.25) is 0 Å². The van der Waals surface area contributed by atoms with E-state index in [1.165, 1.54) is 37.5 Å². The number of nitrogens with zero attached hydrogens (tertiary/aromatic N) is 1. The van der Waals surface area contributed by atoms with Crippen LogP contribution in [0.2, 0.25) is 5.02 Å². The molecule has 3 aromatic carbocycles. The maximum Gasteiger partial charge on any atom is 0.416 e. The van der Waals surface area contributed by atoms with Gasteiger partial charge in [-0.05, 0) is 60.5 Å². The Morgan fingerprint density at radius 3 is 2.45 bits per heavy atom. The molecule has 40 heavy (non-hydrogen) atoms. The molecule has 3 aromatic rings. The predicted octanol–water partition coefficient (Wildman–Crippen LogP) is 7.22. The van der Waals surface area contributed by atoms with E-state index in [1.807, 2.05) is 6.92 Å². The molecule has 12 heteroatoms. The number of benzene rings is 3. The topological polar surface area (TPSA) is 72.9 Å². The van der Waals surface area contributed by atoms with Crippen LogP contribution in [-0.2, 0) is 25.7 Å². The number of fused-ring (bicyclic) bond motifs is 1. The number of methoxy groups -OCH3 is 1. The van der Waals surface area contributed by atoms with Crippen molar-refractivity contribution in [3.05, 3.63) is 88.2 Å². The van der Waals surface area contributed by atoms with Crippen molar-refractivity contribution in [2.24, 2.45) is 0 Å². The summed E-state index contributed by atoms with van der Waals surface area (Å²) in [4.78, 5) is 9.71. The first-order chi connectivity index (χ1) is 18.9. The normalized spacial score (nSPS) is 13.2. The van der Waals surface area contributed by atoms with Gasteiger partial charge < -0.3 is 9.47 Å². The van der Waals surface area contributed by atoms with Crippen molar-refractivity contribution in [2.45, 2.75) is 30.8 Å². The molecule has 1 heterocycles. The Labute approximate surface area is 234 Å². The molecule has 0 fully saturated rings. The molecule has 0 aromatic heterocycles. The number of carbonyl (C=O) groups is 1. The standard InChI is InChI=1S/C23H16ClF4NO3S.C5H10O2/c24-19-5-2-6-20(25)18(19)9-7-15-8-10-22-21(13-15)29(11-12-32-22)33(30,31)17-4-1-3-16(14-17)23(26,27)28;1-3-4-5(6)7-2/h1-10,13-14H,11-12H2;3-4H2,1-2H3/b9-7+;. The van der Waals surface area contributed by atoms with Gasteiger partial charge in [0, 0.05) is 12.0 Å². The third-order valence-corrected chi connectivity index (χ3v) is 7.82. The van der Waals surface area contributed by atoms with Crippen molar-refractivity contribution >= 4 is 45.4 Å². The van der Waals surface area contributed by atoms with Gasteiger partial charge in [0.15, 0.2) is 0 Å². The number of anilines is 1. The quantitative estimate of drug-likeness (QED) is 0.170. The van der Waals surface area contributed by atoms with E-state index < -0.39 is 32.5 Å². The fraction of sp³-hybridized carbons (Fsp3) is 0.250. The molecule has 0 saturated carbocycles. The summed E-state index contributed by atoms with van der Waals surface area (Å²) in [7, 11) is -2.91. The predicted molar refractivity (Wildman–Crippen MR) is 145 cm³/mol. The van der Waals surface area contributed by atoms with Crippen LogP contribution in [0.1, 0.15) is 36.5 Å². The summed E-state index contributed by atoms with van der Waals surface area (Å²) in [6, 6.07) is 12.5. The zero-order valence-electron chi connectivity index (χ0n) is 21.5. The van der Waals surface area contributed by atoms with Crippen molar-refractivity contribution in [3.8, 4) is 5.75 Å². The van der Waals surface area contributed by atoms with Gasteiger partial charge in [-0.2, -0.15) is 13.2 Å². The Morgan fingerprint density at radius 1 is 1.10 bits per heavy atom. The van der Waals surface area contributed by atoms with Crippen LogP contribution in [0.15, 0.2) is 65.6 Å². The number of hydrogen-bond donors (Lipinski definition) is 0. The van der Waals surface area contributed by atoms with Gasteiger partial charge in [-0.25, -0.2) is 12.8 Å². The maximum atomic E-state index is 14.0. The third kappa shape index (κ3) is 7.54. The molecule has 6 nitrogen and oxygen atoms in total. The number of alkyl halides is 3. The van der Waals surface area contributed by atoms with Crippen molar-refractivity contribution in [3.63, 3.8) is 0 Å². The Kier molecular flexibility index (Phi) is 10.2. The highest BCUT2D eigenvalue weighted by molar-refractivity contribution is 7.92. The fourth-order valence-electron chi connectivity index (χ4n) is 3.68. The number of hydrogen-bond acceptors (Lipinski definition) is 5. The van der Waals surface area contributed by atoms with Crippen LogP contribution in [0.3, 0.4) is 0 Å². The Hall–Kier alpha value is -3.57. The Morgan fingerprint density at radius 2 is 1.82 bits per heavy atom. The van der Waals surface area contributed by atoms with Crippen molar-refractivity contribution in [1.29, 1.82) is 0 Å². The van der Waals surface area contributed by atoms with Gasteiger partial charge >= 0.3 is 12.1 Å². The number of esters is 1. The van der Waals surface area contributed by atoms with Crippen LogP contribution in [0.4, 0.5) is 23.2 Å². The highest BCUT2D eigenvalue weighted by Gasteiger charge is 2.34. The molecule has 0 bridgehead atoms. The average molecular weight is 600 g/mol. The minimum Gasteiger partial charge on any atom is -0.489 e. The van der Waals surface area contributed by atoms with Crippen molar-refractivity contribution < 1.29 is 40.2 Å². The molecular formula is C28H26ClF4NO5S. The fourth-order valence-corrected chi connectivity index (χ4v) is 5.40. The summed E-state index contributed by atoms with van der Waals surface area (Å²) in [5.41, 5.74) is -0.208. The third-order valence-electron chi connectivity index (χ3n) is 5.68. The smallest absolute Gasteiger partial charge is 0.416 e. The first-order valence-corrected chi connectivity index (χ1v) is 13.9.